The molecule has 0 spiro atoms. The third kappa shape index (κ3) is 3.34. The minimum atomic E-state index is -4.05. The smallest absolute Gasteiger partial charge is 0.274 e. The lowest BCUT2D eigenvalue weighted by molar-refractivity contribution is 0.593. The third-order valence-corrected chi connectivity index (χ3v) is 7.02. The Morgan fingerprint density at radius 3 is 2.54 bits per heavy atom. The Morgan fingerprint density at radius 1 is 1.19 bits per heavy atom. The van der Waals surface area contributed by atoms with Gasteiger partial charge in [0.2, 0.25) is 0 Å². The van der Waals surface area contributed by atoms with Crippen molar-refractivity contribution in [3.05, 3.63) is 59.1 Å². The fraction of sp³-hybridized carbons (Fsp3) is 0.125. The molecule has 0 fully saturated rings. The quantitative estimate of drug-likeness (QED) is 0.551. The van der Waals surface area contributed by atoms with Gasteiger partial charge in [0.15, 0.2) is 5.82 Å². The molecule has 0 aliphatic heterocycles. The molecular weight excluding hydrogens is 447 g/mol. The zero-order valence-electron chi connectivity index (χ0n) is 13.7. The number of aromatic nitrogens is 3. The predicted molar refractivity (Wildman–Crippen MR) is 101 cm³/mol. The van der Waals surface area contributed by atoms with E-state index >= 15 is 0 Å². The molecule has 136 valence electrons. The number of hydrogen-bond donors (Lipinski definition) is 0. The molecule has 0 saturated carbocycles. The van der Waals surface area contributed by atoms with Crippen LogP contribution in [0.1, 0.15) is 5.82 Å². The molecule has 0 atom stereocenters. The molecule has 0 aliphatic rings. The SMILES string of the molecule is Cc1nnc(-c2cc(Cl)ccc2N(Br)S(=O)(=O)c2cccc(F)c2)n1C. The van der Waals surface area contributed by atoms with Gasteiger partial charge in [-0.05, 0) is 43.3 Å². The highest BCUT2D eigenvalue weighted by Gasteiger charge is 2.27. The number of nitrogens with zero attached hydrogens (tertiary/aromatic N) is 4. The molecule has 0 bridgehead atoms. The monoisotopic (exact) mass is 458 g/mol. The predicted octanol–water partition coefficient (Wildman–Crippen LogP) is 4.09. The number of halogens is 3. The van der Waals surface area contributed by atoms with Gasteiger partial charge in [-0.1, -0.05) is 17.7 Å². The lowest BCUT2D eigenvalue weighted by atomic mass is 10.1. The van der Waals surface area contributed by atoms with E-state index in [-0.39, 0.29) is 10.6 Å². The maximum atomic E-state index is 13.5. The summed E-state index contributed by atoms with van der Waals surface area (Å²) in [4.78, 5) is -0.190. The van der Waals surface area contributed by atoms with Crippen LogP contribution in [-0.2, 0) is 17.1 Å². The van der Waals surface area contributed by atoms with Crippen LogP contribution in [0.15, 0.2) is 47.4 Å². The van der Waals surface area contributed by atoms with E-state index in [4.69, 9.17) is 11.6 Å². The first-order valence-corrected chi connectivity index (χ1v) is 9.87. The van der Waals surface area contributed by atoms with Crippen LogP contribution in [0.2, 0.25) is 5.02 Å². The second kappa shape index (κ2) is 6.98. The normalized spacial score (nSPS) is 11.6. The van der Waals surface area contributed by atoms with Gasteiger partial charge in [-0.3, -0.25) is 0 Å². The van der Waals surface area contributed by atoms with Gasteiger partial charge in [0.25, 0.3) is 10.0 Å². The molecule has 2 aromatic carbocycles. The van der Waals surface area contributed by atoms with Crippen LogP contribution < -0.4 is 3.33 Å². The Labute approximate surface area is 163 Å². The first-order chi connectivity index (χ1) is 12.2. The topological polar surface area (TPSA) is 68.1 Å². The zero-order valence-corrected chi connectivity index (χ0v) is 16.8. The molecule has 0 radical (unpaired) electrons. The molecule has 26 heavy (non-hydrogen) atoms. The van der Waals surface area contributed by atoms with Gasteiger partial charge in [0.05, 0.1) is 26.7 Å². The maximum Gasteiger partial charge on any atom is 0.274 e. The van der Waals surface area contributed by atoms with Crippen molar-refractivity contribution in [3.8, 4) is 11.4 Å². The lowest BCUT2D eigenvalue weighted by Gasteiger charge is -2.20. The molecule has 1 aromatic heterocycles. The van der Waals surface area contributed by atoms with E-state index in [1.54, 1.807) is 30.7 Å². The fourth-order valence-corrected chi connectivity index (χ4v) is 4.43. The van der Waals surface area contributed by atoms with Gasteiger partial charge in [0, 0.05) is 17.6 Å². The van der Waals surface area contributed by atoms with Gasteiger partial charge in [-0.2, -0.15) is 3.33 Å². The summed E-state index contributed by atoms with van der Waals surface area (Å²) < 4.78 is 41.8. The Bertz CT molecular complexity index is 1090. The van der Waals surface area contributed by atoms with E-state index in [0.717, 1.165) is 9.40 Å². The van der Waals surface area contributed by atoms with E-state index in [1.165, 1.54) is 24.3 Å². The summed E-state index contributed by atoms with van der Waals surface area (Å²) in [5.74, 6) is 0.450. The summed E-state index contributed by atoms with van der Waals surface area (Å²) >= 11 is 9.19. The fourth-order valence-electron chi connectivity index (χ4n) is 2.33. The van der Waals surface area contributed by atoms with E-state index in [1.807, 2.05) is 0 Å². The van der Waals surface area contributed by atoms with Crippen LogP contribution in [0.3, 0.4) is 0 Å². The van der Waals surface area contributed by atoms with Crippen LogP contribution in [0, 0.1) is 12.7 Å². The molecule has 3 aromatic rings. The number of sulfonamides is 1. The highest BCUT2D eigenvalue weighted by Crippen LogP contribution is 2.37. The first kappa shape index (κ1) is 18.8. The molecule has 1 heterocycles. The Kier molecular flexibility index (Phi) is 5.05. The Balaban J connectivity index is 2.16. The van der Waals surface area contributed by atoms with Gasteiger partial charge >= 0.3 is 0 Å². The number of anilines is 1. The summed E-state index contributed by atoms with van der Waals surface area (Å²) in [5, 5.41) is 8.49. The van der Waals surface area contributed by atoms with Crippen LogP contribution in [0.25, 0.3) is 11.4 Å². The Morgan fingerprint density at radius 2 is 1.92 bits per heavy atom. The van der Waals surface area contributed by atoms with Crippen molar-refractivity contribution in [3.63, 3.8) is 0 Å². The van der Waals surface area contributed by atoms with E-state index in [9.17, 15) is 12.8 Å². The minimum absolute atomic E-state index is 0.190. The summed E-state index contributed by atoms with van der Waals surface area (Å²) in [6, 6.07) is 9.45. The minimum Gasteiger partial charge on any atom is -0.314 e. The van der Waals surface area contributed by atoms with Crippen molar-refractivity contribution in [1.29, 1.82) is 0 Å². The number of aryl methyl sites for hydroxylation is 1. The van der Waals surface area contributed by atoms with E-state index in [0.29, 0.717) is 22.2 Å². The van der Waals surface area contributed by atoms with Gasteiger partial charge in [0.1, 0.15) is 11.6 Å². The summed E-state index contributed by atoms with van der Waals surface area (Å²) in [6.45, 7) is 1.77. The Hall–Kier alpha value is -1.97. The largest absolute Gasteiger partial charge is 0.314 e. The molecule has 6 nitrogen and oxygen atoms in total. The summed E-state index contributed by atoms with van der Waals surface area (Å²) in [6.07, 6.45) is 0. The van der Waals surface area contributed by atoms with Crippen molar-refractivity contribution in [2.45, 2.75) is 11.8 Å². The molecule has 0 N–H and O–H groups in total. The van der Waals surface area contributed by atoms with Crippen LogP contribution in [0.4, 0.5) is 10.1 Å². The van der Waals surface area contributed by atoms with Crippen molar-refractivity contribution in [2.24, 2.45) is 7.05 Å². The third-order valence-electron chi connectivity index (χ3n) is 3.79. The summed E-state index contributed by atoms with van der Waals surface area (Å²) in [5.41, 5.74) is 0.728. The summed E-state index contributed by atoms with van der Waals surface area (Å²) in [7, 11) is -2.30. The van der Waals surface area contributed by atoms with Gasteiger partial charge < -0.3 is 4.57 Å². The van der Waals surface area contributed by atoms with Crippen LogP contribution >= 0.6 is 27.7 Å². The molecule has 0 unspecified atom stereocenters. The molecule has 0 aliphatic carbocycles. The van der Waals surface area contributed by atoms with Crippen molar-refractivity contribution < 1.29 is 12.8 Å². The second-order valence-electron chi connectivity index (χ2n) is 5.47. The zero-order chi connectivity index (χ0) is 19.1. The van der Waals surface area contributed by atoms with Crippen LogP contribution in [0.5, 0.6) is 0 Å². The first-order valence-electron chi connectivity index (χ1n) is 7.34. The molecular formula is C16H13BrClFN4O2S. The lowest BCUT2D eigenvalue weighted by Crippen LogP contribution is -2.21. The molecule has 0 saturated heterocycles. The average Bonchev–Trinajstić information content (AvgIpc) is 2.93. The number of rotatable bonds is 4. The highest BCUT2D eigenvalue weighted by atomic mass is 79.9. The van der Waals surface area contributed by atoms with Gasteiger partial charge in [-0.25, -0.2) is 12.8 Å². The maximum absolute atomic E-state index is 13.5. The molecule has 3 rings (SSSR count). The van der Waals surface area contributed by atoms with E-state index in [2.05, 4.69) is 26.3 Å². The average molecular weight is 460 g/mol. The van der Waals surface area contributed by atoms with E-state index < -0.39 is 15.8 Å². The number of hydrogen-bond acceptors (Lipinski definition) is 4. The molecule has 10 heteroatoms. The standard InChI is InChI=1S/C16H13BrClFN4O2S/c1-10-20-21-16(22(10)2)14-8-11(18)6-7-15(14)23(17)26(24,25)13-5-3-4-12(19)9-13/h3-9H,1-2H3. The number of benzene rings is 2. The highest BCUT2D eigenvalue weighted by molar-refractivity contribution is 9.11. The second-order valence-corrected chi connectivity index (χ2v) is 8.87. The van der Waals surface area contributed by atoms with Crippen molar-refractivity contribution >= 4 is 43.5 Å². The van der Waals surface area contributed by atoms with Gasteiger partial charge in [-0.15, -0.1) is 10.2 Å². The van der Waals surface area contributed by atoms with Crippen molar-refractivity contribution in [2.75, 3.05) is 3.33 Å². The molecule has 0 amide bonds. The van der Waals surface area contributed by atoms with Crippen LogP contribution in [-0.4, -0.2) is 23.2 Å². The van der Waals surface area contributed by atoms with Crippen molar-refractivity contribution in [1.82, 2.24) is 14.8 Å².